The Labute approximate surface area is 223 Å². The van der Waals surface area contributed by atoms with Crippen molar-refractivity contribution in [3.8, 4) is 0 Å². The van der Waals surface area contributed by atoms with Crippen molar-refractivity contribution < 1.29 is 9.59 Å². The molecule has 188 valence electrons. The van der Waals surface area contributed by atoms with Crippen molar-refractivity contribution >= 4 is 49.3 Å². The van der Waals surface area contributed by atoms with Crippen LogP contribution in [0.25, 0.3) is 0 Å². The van der Waals surface area contributed by atoms with Crippen molar-refractivity contribution in [2.24, 2.45) is 0 Å². The Bertz CT molecular complexity index is 1050. The minimum atomic E-state index is -0.593. The van der Waals surface area contributed by atoms with Crippen molar-refractivity contribution in [1.29, 1.82) is 0 Å². The van der Waals surface area contributed by atoms with E-state index in [1.54, 1.807) is 0 Å². The minimum Gasteiger partial charge on any atom is -0.342 e. The Morgan fingerprint density at radius 2 is 0.892 bits per heavy atom. The molecule has 0 saturated heterocycles. The summed E-state index contributed by atoms with van der Waals surface area (Å²) in [5.41, 5.74) is 0. The lowest BCUT2D eigenvalue weighted by molar-refractivity contribution is -0.131. The van der Waals surface area contributed by atoms with Crippen LogP contribution in [0.1, 0.15) is 12.8 Å². The van der Waals surface area contributed by atoms with Gasteiger partial charge in [-0.1, -0.05) is 121 Å². The van der Waals surface area contributed by atoms with E-state index in [0.717, 1.165) is 18.6 Å². The van der Waals surface area contributed by atoms with Crippen LogP contribution in [0.2, 0.25) is 0 Å². The summed E-state index contributed by atoms with van der Waals surface area (Å²) in [7, 11) is -1.19. The first-order valence-electron chi connectivity index (χ1n) is 12.7. The molecule has 0 spiro atoms. The van der Waals surface area contributed by atoms with E-state index in [2.05, 4.69) is 97.1 Å². The molecule has 0 aliphatic rings. The van der Waals surface area contributed by atoms with Crippen LogP contribution in [0.4, 0.5) is 0 Å². The molecule has 0 bridgehead atoms. The van der Waals surface area contributed by atoms with Crippen LogP contribution in [0.5, 0.6) is 0 Å². The molecule has 4 aromatic rings. The molecule has 0 fully saturated rings. The first-order valence-corrected chi connectivity index (χ1v) is 15.8. The Morgan fingerprint density at radius 3 is 1.19 bits per heavy atom. The maximum absolute atomic E-state index is 13.3. The normalized spacial score (nSPS) is 11.0. The molecule has 0 heterocycles. The molecule has 3 nitrogen and oxygen atoms in total. The summed E-state index contributed by atoms with van der Waals surface area (Å²) in [5, 5.41) is 5.28. The Hall–Kier alpha value is -3.12. The van der Waals surface area contributed by atoms with Gasteiger partial charge in [0.2, 0.25) is 5.91 Å². The third kappa shape index (κ3) is 7.93. The number of rotatable bonds is 13. The third-order valence-electron chi connectivity index (χ3n) is 6.29. The molecule has 0 aromatic heterocycles. The van der Waals surface area contributed by atoms with Gasteiger partial charge >= 0.3 is 0 Å². The minimum absolute atomic E-state index is 0.0687. The Balaban J connectivity index is 1.54. The first kappa shape index (κ1) is 26.9. The van der Waals surface area contributed by atoms with Gasteiger partial charge in [-0.25, -0.2) is 0 Å². The van der Waals surface area contributed by atoms with Gasteiger partial charge in [0.25, 0.3) is 0 Å². The van der Waals surface area contributed by atoms with Crippen LogP contribution >= 0.6 is 15.8 Å². The highest BCUT2D eigenvalue weighted by Crippen LogP contribution is 2.35. The zero-order valence-electron chi connectivity index (χ0n) is 21.0. The summed E-state index contributed by atoms with van der Waals surface area (Å²) in [6.07, 6.45) is 3.17. The Kier molecular flexibility index (Phi) is 10.6. The van der Waals surface area contributed by atoms with Gasteiger partial charge in [-0.2, -0.15) is 0 Å². The van der Waals surface area contributed by atoms with E-state index >= 15 is 0 Å². The van der Waals surface area contributed by atoms with Gasteiger partial charge in [0.05, 0.1) is 0 Å². The number of benzene rings is 4. The third-order valence-corrected chi connectivity index (χ3v) is 11.3. The fraction of sp³-hybridized carbons (Fsp3) is 0.188. The molecule has 0 aliphatic carbocycles. The van der Waals surface area contributed by atoms with E-state index in [9.17, 15) is 9.59 Å². The van der Waals surface area contributed by atoms with Crippen LogP contribution in [0.15, 0.2) is 121 Å². The fourth-order valence-corrected chi connectivity index (χ4v) is 9.03. The van der Waals surface area contributed by atoms with Crippen LogP contribution in [0.3, 0.4) is 0 Å². The molecule has 5 heteroatoms. The van der Waals surface area contributed by atoms with Gasteiger partial charge < -0.3 is 9.69 Å². The average molecular weight is 526 g/mol. The second-order valence-corrected chi connectivity index (χ2v) is 13.4. The fourth-order valence-electron chi connectivity index (χ4n) is 4.39. The maximum atomic E-state index is 13.3. The molecule has 4 rings (SSSR count). The molecule has 0 unspecified atom stereocenters. The SMILES string of the molecule is O=CCCC(=O)N(CCP(c1ccccc1)c1ccccc1)CCP(c1ccccc1)c1ccccc1. The smallest absolute Gasteiger partial charge is 0.223 e. The highest BCUT2D eigenvalue weighted by Gasteiger charge is 2.21. The van der Waals surface area contributed by atoms with Crippen molar-refractivity contribution in [1.82, 2.24) is 4.90 Å². The lowest BCUT2D eigenvalue weighted by atomic mass is 10.3. The average Bonchev–Trinajstić information content (AvgIpc) is 2.97. The summed E-state index contributed by atoms with van der Waals surface area (Å²) >= 11 is 0. The van der Waals surface area contributed by atoms with Gasteiger partial charge in [0, 0.05) is 25.9 Å². The number of hydrogen-bond donors (Lipinski definition) is 0. The zero-order valence-corrected chi connectivity index (χ0v) is 22.8. The summed E-state index contributed by atoms with van der Waals surface area (Å²) in [5.74, 6) is 0.0687. The predicted molar refractivity (Wildman–Crippen MR) is 160 cm³/mol. The molecule has 0 N–H and O–H groups in total. The standard InChI is InChI=1S/C32H33NO2P2/c34-25-13-22-32(35)33(23-26-36(28-14-5-1-6-15-28)29-16-7-2-8-17-29)24-27-37(30-18-9-3-10-19-30)31-20-11-4-12-21-31/h1-12,14-21,25H,13,22-24,26-27H2. The molecule has 0 atom stereocenters. The maximum Gasteiger partial charge on any atom is 0.223 e. The molecule has 1 amide bonds. The topological polar surface area (TPSA) is 37.4 Å². The van der Waals surface area contributed by atoms with E-state index < -0.39 is 15.8 Å². The molecule has 0 aliphatic heterocycles. The first-order chi connectivity index (χ1) is 18.3. The molecule has 4 aromatic carbocycles. The van der Waals surface area contributed by atoms with Crippen molar-refractivity contribution in [3.05, 3.63) is 121 Å². The molecule has 0 radical (unpaired) electrons. The number of carbonyl (C=O) groups is 2. The largest absolute Gasteiger partial charge is 0.342 e. The number of nitrogens with zero attached hydrogens (tertiary/aromatic N) is 1. The van der Waals surface area contributed by atoms with Crippen molar-refractivity contribution in [2.45, 2.75) is 12.8 Å². The van der Waals surface area contributed by atoms with Crippen molar-refractivity contribution in [3.63, 3.8) is 0 Å². The van der Waals surface area contributed by atoms with Gasteiger partial charge in [-0.3, -0.25) is 4.79 Å². The molecular formula is C32H33NO2P2. The molecule has 0 saturated carbocycles. The lowest BCUT2D eigenvalue weighted by Gasteiger charge is -2.28. The van der Waals surface area contributed by atoms with Gasteiger partial charge in [0.15, 0.2) is 0 Å². The summed E-state index contributed by atoms with van der Waals surface area (Å²) < 4.78 is 0. The van der Waals surface area contributed by atoms with Gasteiger partial charge in [-0.15, -0.1) is 0 Å². The quantitative estimate of drug-likeness (QED) is 0.181. The molecule has 37 heavy (non-hydrogen) atoms. The van der Waals surface area contributed by atoms with E-state index in [-0.39, 0.29) is 18.7 Å². The van der Waals surface area contributed by atoms with E-state index in [4.69, 9.17) is 0 Å². The summed E-state index contributed by atoms with van der Waals surface area (Å²) in [6.45, 7) is 1.36. The van der Waals surface area contributed by atoms with Crippen LogP contribution in [-0.4, -0.2) is 42.5 Å². The van der Waals surface area contributed by atoms with Gasteiger partial charge in [-0.05, 0) is 49.4 Å². The second kappa shape index (κ2) is 14.6. The van der Waals surface area contributed by atoms with E-state index in [1.807, 2.05) is 29.2 Å². The van der Waals surface area contributed by atoms with Crippen LogP contribution in [-0.2, 0) is 9.59 Å². The van der Waals surface area contributed by atoms with Crippen LogP contribution in [0, 0.1) is 0 Å². The zero-order chi connectivity index (χ0) is 25.7. The predicted octanol–water partition coefficient (Wildman–Crippen LogP) is 5.06. The summed E-state index contributed by atoms with van der Waals surface area (Å²) in [6, 6.07) is 42.5. The van der Waals surface area contributed by atoms with Crippen molar-refractivity contribution in [2.75, 3.05) is 25.4 Å². The Morgan fingerprint density at radius 1 is 0.568 bits per heavy atom. The molecular weight excluding hydrogens is 492 g/mol. The summed E-state index contributed by atoms with van der Waals surface area (Å²) in [4.78, 5) is 26.3. The number of carbonyl (C=O) groups excluding carboxylic acids is 2. The highest BCUT2D eigenvalue weighted by atomic mass is 31.1. The lowest BCUT2D eigenvalue weighted by Crippen LogP contribution is -2.37. The van der Waals surface area contributed by atoms with Crippen LogP contribution < -0.4 is 21.2 Å². The second-order valence-electron chi connectivity index (χ2n) is 8.73. The monoisotopic (exact) mass is 525 g/mol. The number of hydrogen-bond acceptors (Lipinski definition) is 2. The van der Waals surface area contributed by atoms with Gasteiger partial charge in [0.1, 0.15) is 6.29 Å². The number of aldehydes is 1. The van der Waals surface area contributed by atoms with E-state index in [0.29, 0.717) is 13.1 Å². The number of amides is 1. The van der Waals surface area contributed by atoms with E-state index in [1.165, 1.54) is 21.2 Å². The highest BCUT2D eigenvalue weighted by molar-refractivity contribution is 7.73.